The summed E-state index contributed by atoms with van der Waals surface area (Å²) in [4.78, 5) is 10.9. The molecule has 1 N–H and O–H groups in total. The highest BCUT2D eigenvalue weighted by atomic mass is 16.5. The van der Waals surface area contributed by atoms with E-state index in [4.69, 9.17) is 0 Å². The Labute approximate surface area is 123 Å². The van der Waals surface area contributed by atoms with Crippen LogP contribution < -0.4 is 0 Å². The maximum atomic E-state index is 10.9. The number of ether oxygens (including phenoxy) is 1. The van der Waals surface area contributed by atoms with Crippen LogP contribution in [0.2, 0.25) is 0 Å². The monoisotopic (exact) mass is 280 g/mol. The molecule has 0 unspecified atom stereocenters. The molecule has 0 rings (SSSR count). The van der Waals surface area contributed by atoms with Crippen LogP contribution in [0.4, 0.5) is 0 Å². The molecule has 0 bridgehead atoms. The van der Waals surface area contributed by atoms with Crippen LogP contribution in [0.25, 0.3) is 0 Å². The lowest BCUT2D eigenvalue weighted by Crippen LogP contribution is -1.99. The highest BCUT2D eigenvalue weighted by Gasteiger charge is 1.98. The van der Waals surface area contributed by atoms with Crippen LogP contribution in [0.3, 0.4) is 0 Å². The molecule has 0 saturated heterocycles. The molecule has 3 nitrogen and oxygen atoms in total. The number of carbonyl (C=O) groups excluding carboxylic acids is 1. The van der Waals surface area contributed by atoms with Crippen molar-refractivity contribution in [1.29, 1.82) is 0 Å². The molecule has 0 aromatic heterocycles. The van der Waals surface area contributed by atoms with Crippen LogP contribution in [0.15, 0.2) is 36.5 Å². The van der Waals surface area contributed by atoms with Crippen molar-refractivity contribution in [3.05, 3.63) is 36.5 Å². The molecule has 0 heterocycles. The summed E-state index contributed by atoms with van der Waals surface area (Å²) in [7, 11) is 1.43. The summed E-state index contributed by atoms with van der Waals surface area (Å²) in [6.07, 6.45) is 17.8. The Morgan fingerprint density at radius 3 is 2.60 bits per heavy atom. The molecule has 0 spiro atoms. The molecule has 0 aromatic carbocycles. The molecular weight excluding hydrogens is 252 g/mol. The third kappa shape index (κ3) is 13.1. The summed E-state index contributed by atoms with van der Waals surface area (Å²) in [6.45, 7) is 1.95. The van der Waals surface area contributed by atoms with Crippen LogP contribution in [-0.4, -0.2) is 24.3 Å². The maximum Gasteiger partial charge on any atom is 0.305 e. The Bertz CT molecular complexity index is 316. The van der Waals surface area contributed by atoms with Crippen molar-refractivity contribution in [2.45, 2.75) is 58.0 Å². The molecule has 3 heteroatoms. The molecule has 0 radical (unpaired) electrons. The fraction of sp³-hybridized carbons (Fsp3) is 0.588. The van der Waals surface area contributed by atoms with Gasteiger partial charge in [-0.25, -0.2) is 0 Å². The zero-order valence-corrected chi connectivity index (χ0v) is 12.8. The number of hydrogen-bond acceptors (Lipinski definition) is 3. The SMILES string of the molecule is C/C=C\C[C@H](O)/C=C/C=C\CCCCCCC(=O)OC. The quantitative estimate of drug-likeness (QED) is 0.270. The lowest BCUT2D eigenvalue weighted by Gasteiger charge is -1.99. The topological polar surface area (TPSA) is 46.5 Å². The average Bonchev–Trinajstić information content (AvgIpc) is 2.46. The minimum Gasteiger partial charge on any atom is -0.469 e. The standard InChI is InChI=1S/C17H28O3/c1-3-4-13-16(18)14-11-9-7-5-6-8-10-12-15-17(19)20-2/h3-4,7,9,11,14,16,18H,5-6,8,10,12-13,15H2,1-2H3/b4-3-,9-7-,14-11+/t16-/m0/s1. The zero-order valence-electron chi connectivity index (χ0n) is 12.8. The molecule has 0 saturated carbocycles. The molecule has 114 valence electrons. The van der Waals surface area contributed by atoms with Crippen molar-refractivity contribution < 1.29 is 14.6 Å². The third-order valence-corrected chi connectivity index (χ3v) is 2.92. The van der Waals surface area contributed by atoms with Gasteiger partial charge in [0, 0.05) is 6.42 Å². The second-order valence-corrected chi connectivity index (χ2v) is 4.71. The molecule has 0 aliphatic carbocycles. The number of esters is 1. The Kier molecular flexibility index (Phi) is 13.1. The minimum absolute atomic E-state index is 0.119. The summed E-state index contributed by atoms with van der Waals surface area (Å²) in [5, 5.41) is 9.54. The number of carbonyl (C=O) groups is 1. The van der Waals surface area contributed by atoms with Crippen LogP contribution in [0.5, 0.6) is 0 Å². The van der Waals surface area contributed by atoms with E-state index in [0.29, 0.717) is 12.8 Å². The van der Waals surface area contributed by atoms with Crippen molar-refractivity contribution in [2.24, 2.45) is 0 Å². The van der Waals surface area contributed by atoms with Gasteiger partial charge in [-0.05, 0) is 32.6 Å². The largest absolute Gasteiger partial charge is 0.469 e. The van der Waals surface area contributed by atoms with Gasteiger partial charge >= 0.3 is 5.97 Å². The van der Waals surface area contributed by atoms with Gasteiger partial charge in [-0.3, -0.25) is 4.79 Å². The summed E-state index contributed by atoms with van der Waals surface area (Å²) >= 11 is 0. The van der Waals surface area contributed by atoms with Gasteiger partial charge in [-0.1, -0.05) is 49.3 Å². The second kappa shape index (κ2) is 14.1. The number of rotatable bonds is 11. The van der Waals surface area contributed by atoms with Gasteiger partial charge in [0.25, 0.3) is 0 Å². The molecule has 1 atom stereocenters. The van der Waals surface area contributed by atoms with Gasteiger partial charge in [0.15, 0.2) is 0 Å². The van der Waals surface area contributed by atoms with E-state index < -0.39 is 6.10 Å². The first-order valence-corrected chi connectivity index (χ1v) is 7.40. The molecule has 0 aliphatic rings. The number of methoxy groups -OCH3 is 1. The predicted octanol–water partition coefficient (Wildman–Crippen LogP) is 3.94. The van der Waals surface area contributed by atoms with Crippen molar-refractivity contribution in [2.75, 3.05) is 7.11 Å². The van der Waals surface area contributed by atoms with Crippen LogP contribution in [0.1, 0.15) is 51.9 Å². The van der Waals surface area contributed by atoms with E-state index in [-0.39, 0.29) is 5.97 Å². The van der Waals surface area contributed by atoms with Crippen molar-refractivity contribution in [3.8, 4) is 0 Å². The fourth-order valence-electron chi connectivity index (χ4n) is 1.71. The Morgan fingerprint density at radius 1 is 1.15 bits per heavy atom. The summed E-state index contributed by atoms with van der Waals surface area (Å²) in [5.41, 5.74) is 0. The number of aliphatic hydroxyl groups is 1. The third-order valence-electron chi connectivity index (χ3n) is 2.92. The Balaban J connectivity index is 3.44. The maximum absolute atomic E-state index is 10.9. The van der Waals surface area contributed by atoms with E-state index in [2.05, 4.69) is 10.8 Å². The lowest BCUT2D eigenvalue weighted by atomic mass is 10.1. The zero-order chi connectivity index (χ0) is 15.1. The van der Waals surface area contributed by atoms with Gasteiger partial charge in [0.2, 0.25) is 0 Å². The van der Waals surface area contributed by atoms with Crippen LogP contribution in [-0.2, 0) is 9.53 Å². The van der Waals surface area contributed by atoms with E-state index in [1.54, 1.807) is 6.08 Å². The minimum atomic E-state index is -0.394. The van der Waals surface area contributed by atoms with E-state index in [9.17, 15) is 9.90 Å². The molecule has 0 aromatic rings. The molecule has 20 heavy (non-hydrogen) atoms. The van der Waals surface area contributed by atoms with Gasteiger partial charge in [0.1, 0.15) is 0 Å². The highest BCUT2D eigenvalue weighted by Crippen LogP contribution is 2.06. The Hall–Kier alpha value is -1.35. The van der Waals surface area contributed by atoms with Gasteiger partial charge in [0.05, 0.1) is 13.2 Å². The van der Waals surface area contributed by atoms with Gasteiger partial charge < -0.3 is 9.84 Å². The number of aliphatic hydroxyl groups excluding tert-OH is 1. The van der Waals surface area contributed by atoms with Crippen molar-refractivity contribution in [1.82, 2.24) is 0 Å². The lowest BCUT2D eigenvalue weighted by molar-refractivity contribution is -0.140. The van der Waals surface area contributed by atoms with Crippen LogP contribution in [0, 0.1) is 0 Å². The first-order valence-electron chi connectivity index (χ1n) is 7.40. The number of unbranched alkanes of at least 4 members (excludes halogenated alkanes) is 4. The van der Waals surface area contributed by atoms with Gasteiger partial charge in [-0.15, -0.1) is 0 Å². The van der Waals surface area contributed by atoms with E-state index in [1.807, 2.05) is 31.2 Å². The first-order chi connectivity index (χ1) is 9.70. The summed E-state index contributed by atoms with van der Waals surface area (Å²) in [6, 6.07) is 0. The molecule has 0 fully saturated rings. The summed E-state index contributed by atoms with van der Waals surface area (Å²) < 4.78 is 4.58. The normalized spacial score (nSPS) is 13.6. The second-order valence-electron chi connectivity index (χ2n) is 4.71. The number of allylic oxidation sites excluding steroid dienone is 4. The smallest absolute Gasteiger partial charge is 0.305 e. The van der Waals surface area contributed by atoms with Crippen molar-refractivity contribution >= 4 is 5.97 Å². The number of hydrogen-bond donors (Lipinski definition) is 1. The fourth-order valence-corrected chi connectivity index (χ4v) is 1.71. The van der Waals surface area contributed by atoms with Crippen molar-refractivity contribution in [3.63, 3.8) is 0 Å². The Morgan fingerprint density at radius 2 is 1.90 bits per heavy atom. The van der Waals surface area contributed by atoms with Crippen LogP contribution >= 0.6 is 0 Å². The van der Waals surface area contributed by atoms with E-state index in [1.165, 1.54) is 7.11 Å². The molecule has 0 amide bonds. The first kappa shape index (κ1) is 18.7. The highest BCUT2D eigenvalue weighted by molar-refractivity contribution is 5.68. The molecule has 0 aliphatic heterocycles. The summed E-state index contributed by atoms with van der Waals surface area (Å²) in [5.74, 6) is -0.119. The molecular formula is C17H28O3. The van der Waals surface area contributed by atoms with Gasteiger partial charge in [-0.2, -0.15) is 0 Å². The average molecular weight is 280 g/mol. The van der Waals surface area contributed by atoms with E-state index in [0.717, 1.165) is 32.1 Å². The predicted molar refractivity (Wildman–Crippen MR) is 83.4 cm³/mol. The van der Waals surface area contributed by atoms with E-state index >= 15 is 0 Å².